The van der Waals surface area contributed by atoms with Crippen LogP contribution in [-0.2, 0) is 0 Å². The second-order valence-electron chi connectivity index (χ2n) is 3.10. The predicted octanol–water partition coefficient (Wildman–Crippen LogP) is 2.92. The van der Waals surface area contributed by atoms with Crippen LogP contribution in [-0.4, -0.2) is 16.2 Å². The van der Waals surface area contributed by atoms with Gasteiger partial charge < -0.3 is 4.98 Å². The van der Waals surface area contributed by atoms with Crippen molar-refractivity contribution in [2.75, 3.05) is 6.26 Å². The SMILES string of the molecule is CSc1nc(-c2ccccc2)c(Br)c(=O)[nH]1. The summed E-state index contributed by atoms with van der Waals surface area (Å²) < 4.78 is 0.469. The molecular formula is C11H9BrN2OS. The summed E-state index contributed by atoms with van der Waals surface area (Å²) in [5, 5.41) is 0.618. The summed E-state index contributed by atoms with van der Waals surface area (Å²) in [6, 6.07) is 9.63. The number of hydrogen-bond donors (Lipinski definition) is 1. The van der Waals surface area contributed by atoms with Crippen LogP contribution in [0.1, 0.15) is 0 Å². The molecule has 1 heterocycles. The van der Waals surface area contributed by atoms with E-state index in [9.17, 15) is 4.79 Å². The predicted molar refractivity (Wildman–Crippen MR) is 69.8 cm³/mol. The van der Waals surface area contributed by atoms with Crippen molar-refractivity contribution in [1.82, 2.24) is 9.97 Å². The molecule has 0 fully saturated rings. The lowest BCUT2D eigenvalue weighted by Gasteiger charge is -2.04. The van der Waals surface area contributed by atoms with Crippen molar-refractivity contribution in [2.24, 2.45) is 0 Å². The van der Waals surface area contributed by atoms with Crippen molar-refractivity contribution in [3.05, 3.63) is 45.2 Å². The molecule has 0 saturated heterocycles. The lowest BCUT2D eigenvalue weighted by molar-refractivity contribution is 0.935. The van der Waals surface area contributed by atoms with Crippen LogP contribution in [0.4, 0.5) is 0 Å². The van der Waals surface area contributed by atoms with Gasteiger partial charge in [0.2, 0.25) is 0 Å². The Kier molecular flexibility index (Phi) is 3.46. The van der Waals surface area contributed by atoms with Crippen LogP contribution in [0, 0.1) is 0 Å². The van der Waals surface area contributed by atoms with Crippen molar-refractivity contribution in [3.8, 4) is 11.3 Å². The Bertz CT molecular complexity index is 554. The number of benzene rings is 1. The van der Waals surface area contributed by atoms with Crippen molar-refractivity contribution < 1.29 is 0 Å². The molecule has 0 atom stereocenters. The maximum absolute atomic E-state index is 11.6. The van der Waals surface area contributed by atoms with Gasteiger partial charge in [-0.05, 0) is 22.2 Å². The molecule has 0 spiro atoms. The Balaban J connectivity index is 2.65. The number of thioether (sulfide) groups is 1. The monoisotopic (exact) mass is 296 g/mol. The zero-order valence-corrected chi connectivity index (χ0v) is 10.9. The van der Waals surface area contributed by atoms with Crippen LogP contribution in [0.25, 0.3) is 11.3 Å². The van der Waals surface area contributed by atoms with E-state index >= 15 is 0 Å². The number of hydrogen-bond acceptors (Lipinski definition) is 3. The summed E-state index contributed by atoms with van der Waals surface area (Å²) in [4.78, 5) is 18.7. The fraction of sp³-hybridized carbons (Fsp3) is 0.0909. The Hall–Kier alpha value is -1.07. The van der Waals surface area contributed by atoms with Crippen LogP contribution < -0.4 is 5.56 Å². The lowest BCUT2D eigenvalue weighted by atomic mass is 10.1. The third kappa shape index (κ3) is 2.20. The van der Waals surface area contributed by atoms with Crippen molar-refractivity contribution >= 4 is 27.7 Å². The van der Waals surface area contributed by atoms with Crippen LogP contribution in [0.3, 0.4) is 0 Å². The highest BCUT2D eigenvalue weighted by Crippen LogP contribution is 2.24. The first-order valence-corrected chi connectivity index (χ1v) is 6.63. The molecule has 0 saturated carbocycles. The third-order valence-electron chi connectivity index (χ3n) is 2.08. The van der Waals surface area contributed by atoms with E-state index in [0.29, 0.717) is 15.3 Å². The van der Waals surface area contributed by atoms with Gasteiger partial charge in [0.05, 0.1) is 5.69 Å². The van der Waals surface area contributed by atoms with Gasteiger partial charge in [0, 0.05) is 5.56 Å². The van der Waals surface area contributed by atoms with E-state index in [2.05, 4.69) is 25.9 Å². The minimum absolute atomic E-state index is 0.154. The van der Waals surface area contributed by atoms with Crippen LogP contribution in [0.5, 0.6) is 0 Å². The van der Waals surface area contributed by atoms with Gasteiger partial charge in [-0.2, -0.15) is 0 Å². The van der Waals surface area contributed by atoms with Gasteiger partial charge in [0.25, 0.3) is 5.56 Å². The van der Waals surface area contributed by atoms with Gasteiger partial charge >= 0.3 is 0 Å². The fourth-order valence-electron chi connectivity index (χ4n) is 1.32. The van der Waals surface area contributed by atoms with E-state index < -0.39 is 0 Å². The minimum Gasteiger partial charge on any atom is -0.300 e. The fourth-order valence-corrected chi connectivity index (χ4v) is 2.12. The van der Waals surface area contributed by atoms with E-state index in [1.165, 1.54) is 11.8 Å². The molecule has 0 aliphatic carbocycles. The second kappa shape index (κ2) is 4.84. The van der Waals surface area contributed by atoms with E-state index in [1.54, 1.807) is 0 Å². The van der Waals surface area contributed by atoms with Gasteiger partial charge in [-0.25, -0.2) is 4.98 Å². The third-order valence-corrected chi connectivity index (χ3v) is 3.40. The van der Waals surface area contributed by atoms with Crippen molar-refractivity contribution in [3.63, 3.8) is 0 Å². The maximum Gasteiger partial charge on any atom is 0.266 e. The summed E-state index contributed by atoms with van der Waals surface area (Å²) in [5.74, 6) is 0. The van der Waals surface area contributed by atoms with Crippen molar-refractivity contribution in [2.45, 2.75) is 5.16 Å². The largest absolute Gasteiger partial charge is 0.300 e. The molecule has 0 aliphatic heterocycles. The summed E-state index contributed by atoms with van der Waals surface area (Å²) in [6.45, 7) is 0. The molecule has 3 nitrogen and oxygen atoms in total. The number of halogens is 1. The maximum atomic E-state index is 11.6. The molecule has 0 radical (unpaired) electrons. The standard InChI is InChI=1S/C11H9BrN2OS/c1-16-11-13-9(8(12)10(15)14-11)7-5-3-2-4-6-7/h2-6H,1H3,(H,13,14,15). The number of nitrogens with zero attached hydrogens (tertiary/aromatic N) is 1. The molecular weight excluding hydrogens is 288 g/mol. The number of aromatic nitrogens is 2. The van der Waals surface area contributed by atoms with Crippen LogP contribution in [0.2, 0.25) is 0 Å². The minimum atomic E-state index is -0.154. The summed E-state index contributed by atoms with van der Waals surface area (Å²) >= 11 is 4.68. The molecule has 1 N–H and O–H groups in total. The van der Waals surface area contributed by atoms with Crippen molar-refractivity contribution in [1.29, 1.82) is 0 Å². The molecule has 2 rings (SSSR count). The summed E-state index contributed by atoms with van der Waals surface area (Å²) in [5.41, 5.74) is 1.45. The van der Waals surface area contributed by atoms with Gasteiger partial charge in [0.1, 0.15) is 4.47 Å². The first kappa shape index (κ1) is 11.4. The van der Waals surface area contributed by atoms with Crippen LogP contribution in [0.15, 0.2) is 44.8 Å². The molecule has 82 valence electrons. The smallest absolute Gasteiger partial charge is 0.266 e. The summed E-state index contributed by atoms with van der Waals surface area (Å²) in [6.07, 6.45) is 1.88. The first-order valence-electron chi connectivity index (χ1n) is 4.61. The second-order valence-corrected chi connectivity index (χ2v) is 4.69. The quantitative estimate of drug-likeness (QED) is 0.685. The zero-order chi connectivity index (χ0) is 11.5. The number of H-pyrrole nitrogens is 1. The van der Waals surface area contributed by atoms with Gasteiger partial charge in [0.15, 0.2) is 5.16 Å². The Morgan fingerprint density at radius 2 is 2.00 bits per heavy atom. The Morgan fingerprint density at radius 1 is 1.31 bits per heavy atom. The normalized spacial score (nSPS) is 10.4. The van der Waals surface area contributed by atoms with E-state index in [-0.39, 0.29) is 5.56 Å². The topological polar surface area (TPSA) is 45.8 Å². The molecule has 0 amide bonds. The Labute approximate surface area is 105 Å². The number of aromatic amines is 1. The molecule has 0 bridgehead atoms. The van der Waals surface area contributed by atoms with Gasteiger partial charge in [-0.1, -0.05) is 42.1 Å². The Morgan fingerprint density at radius 3 is 2.62 bits per heavy atom. The molecule has 16 heavy (non-hydrogen) atoms. The van der Waals surface area contributed by atoms with Gasteiger partial charge in [-0.15, -0.1) is 0 Å². The average Bonchev–Trinajstić information content (AvgIpc) is 2.33. The highest BCUT2D eigenvalue weighted by Gasteiger charge is 2.09. The van der Waals surface area contributed by atoms with Crippen LogP contribution >= 0.6 is 27.7 Å². The summed E-state index contributed by atoms with van der Waals surface area (Å²) in [7, 11) is 0. The lowest BCUT2D eigenvalue weighted by Crippen LogP contribution is -2.11. The highest BCUT2D eigenvalue weighted by molar-refractivity contribution is 9.10. The first-order chi connectivity index (χ1) is 7.72. The van der Waals surface area contributed by atoms with E-state index in [1.807, 2.05) is 36.6 Å². The molecule has 1 aromatic carbocycles. The van der Waals surface area contributed by atoms with E-state index in [4.69, 9.17) is 0 Å². The molecule has 0 unspecified atom stereocenters. The molecule has 5 heteroatoms. The van der Waals surface area contributed by atoms with E-state index in [0.717, 1.165) is 5.56 Å². The average molecular weight is 297 g/mol. The molecule has 0 aliphatic rings. The number of rotatable bonds is 2. The molecule has 2 aromatic rings. The molecule has 1 aromatic heterocycles. The zero-order valence-electron chi connectivity index (χ0n) is 8.53. The van der Waals surface area contributed by atoms with Gasteiger partial charge in [-0.3, -0.25) is 4.79 Å². The number of nitrogens with one attached hydrogen (secondary N) is 1. The highest BCUT2D eigenvalue weighted by atomic mass is 79.9.